The van der Waals surface area contributed by atoms with Crippen molar-refractivity contribution in [1.29, 1.82) is 0 Å². The van der Waals surface area contributed by atoms with Crippen molar-refractivity contribution in [2.24, 2.45) is 5.92 Å². The summed E-state index contributed by atoms with van der Waals surface area (Å²) in [4.78, 5) is 58.0. The van der Waals surface area contributed by atoms with E-state index in [9.17, 15) is 24.3 Å². The smallest absolute Gasteiger partial charge is 0.498 e. The summed E-state index contributed by atoms with van der Waals surface area (Å²) in [7, 11) is 0.441. The van der Waals surface area contributed by atoms with Gasteiger partial charge in [0.2, 0.25) is 5.91 Å². The van der Waals surface area contributed by atoms with Crippen molar-refractivity contribution in [2.75, 3.05) is 13.6 Å². The number of rotatable bonds is 9. The third kappa shape index (κ3) is 9.39. The summed E-state index contributed by atoms with van der Waals surface area (Å²) >= 11 is 0. The summed E-state index contributed by atoms with van der Waals surface area (Å²) in [5.41, 5.74) is 1.46. The maximum absolute atomic E-state index is 13.4. The first-order valence-electron chi connectivity index (χ1n) is 13.9. The van der Waals surface area contributed by atoms with Gasteiger partial charge in [0.25, 0.3) is 17.8 Å². The molecule has 1 aliphatic heterocycles. The average Bonchev–Trinajstić information content (AvgIpc) is 2.93. The highest BCUT2D eigenvalue weighted by atomic mass is 16.6. The Morgan fingerprint density at radius 2 is 1.73 bits per heavy atom. The number of nitrogens with zero attached hydrogens (tertiary/aromatic N) is 2. The number of hydrogen-bond acceptors (Lipinski definition) is 9. The van der Waals surface area contributed by atoms with Gasteiger partial charge < -0.3 is 29.9 Å². The van der Waals surface area contributed by atoms with Crippen LogP contribution in [0.3, 0.4) is 0 Å². The lowest BCUT2D eigenvalue weighted by molar-refractivity contribution is -0.143. The number of pyridine rings is 1. The fraction of sp³-hybridized carbons (Fsp3) is 0.483. The summed E-state index contributed by atoms with van der Waals surface area (Å²) in [6, 6.07) is 12.8. The van der Waals surface area contributed by atoms with E-state index in [1.165, 1.54) is 13.0 Å². The van der Waals surface area contributed by atoms with E-state index in [-0.39, 0.29) is 30.5 Å². The fourth-order valence-electron chi connectivity index (χ4n) is 4.41. The van der Waals surface area contributed by atoms with Gasteiger partial charge in [-0.3, -0.25) is 19.2 Å². The molecule has 1 aromatic heterocycles. The number of nitrogens with one attached hydrogen (secondary N) is 2. The molecule has 12 heteroatoms. The molecule has 0 bridgehead atoms. The first kappa shape index (κ1) is 31.8. The molecule has 1 aromatic carbocycles. The molecule has 2 heterocycles. The molecule has 0 aliphatic carbocycles. The quantitative estimate of drug-likeness (QED) is 0.388. The Hall–Kier alpha value is -3.77. The number of aliphatic hydroxyl groups is 1. The third-order valence-corrected chi connectivity index (χ3v) is 6.86. The molecule has 2 amide bonds. The van der Waals surface area contributed by atoms with Crippen LogP contribution in [0, 0.1) is 5.92 Å². The number of benzene rings is 1. The third-order valence-electron chi connectivity index (χ3n) is 6.86. The Bertz CT molecular complexity index is 1210. The van der Waals surface area contributed by atoms with Crippen LogP contribution in [0.2, 0.25) is 0 Å². The molecule has 4 atom stereocenters. The van der Waals surface area contributed by atoms with E-state index < -0.39 is 49.0 Å². The lowest BCUT2D eigenvalue weighted by Crippen LogP contribution is -2.59. The summed E-state index contributed by atoms with van der Waals surface area (Å²) in [5.74, 6) is -3.43. The van der Waals surface area contributed by atoms with Crippen LogP contribution in [0.15, 0.2) is 48.5 Å². The van der Waals surface area contributed by atoms with E-state index in [1.807, 2.05) is 63.1 Å². The minimum absolute atomic E-state index is 0.0164. The summed E-state index contributed by atoms with van der Waals surface area (Å²) < 4.78 is 11.0. The molecular weight excluding hydrogens is 527 g/mol. The molecule has 0 saturated carbocycles. The Balaban J connectivity index is 1.78. The molecule has 1 aliphatic rings. The van der Waals surface area contributed by atoms with E-state index in [1.54, 1.807) is 12.1 Å². The largest absolute Gasteiger partial charge is 0.622 e. The van der Waals surface area contributed by atoms with Gasteiger partial charge in [-0.1, -0.05) is 50.2 Å². The van der Waals surface area contributed by atoms with Gasteiger partial charge in [-0.25, -0.2) is 4.98 Å². The Kier molecular flexibility index (Phi) is 11.4. The molecule has 1 saturated heterocycles. The molecule has 0 radical (unpaired) electrons. The molecule has 11 nitrogen and oxygen atoms in total. The van der Waals surface area contributed by atoms with E-state index in [0.29, 0.717) is 18.7 Å². The van der Waals surface area contributed by atoms with Crippen molar-refractivity contribution in [2.45, 2.75) is 71.1 Å². The number of carbonyl (C=O) groups is 4. The summed E-state index contributed by atoms with van der Waals surface area (Å²) in [6.07, 6.45) is -0.818. The Morgan fingerprint density at radius 3 is 2.39 bits per heavy atom. The molecule has 3 N–H and O–H groups in total. The van der Waals surface area contributed by atoms with E-state index in [2.05, 4.69) is 15.6 Å². The maximum Gasteiger partial charge on any atom is 0.622 e. The normalized spacial score (nSPS) is 19.0. The second kappa shape index (κ2) is 14.7. The molecule has 1 unspecified atom stereocenters. The van der Waals surface area contributed by atoms with Crippen molar-refractivity contribution in [3.63, 3.8) is 0 Å². The average molecular weight is 566 g/mol. The lowest BCUT2D eigenvalue weighted by atomic mass is 9.73. The number of carbonyl (C=O) groups excluding carboxylic acids is 4. The molecule has 1 fully saturated rings. The van der Waals surface area contributed by atoms with Crippen LogP contribution in [-0.2, 0) is 23.7 Å². The van der Waals surface area contributed by atoms with Crippen molar-refractivity contribution >= 4 is 30.9 Å². The Morgan fingerprint density at radius 1 is 1.05 bits per heavy atom. The van der Waals surface area contributed by atoms with E-state index >= 15 is 0 Å². The highest BCUT2D eigenvalue weighted by molar-refractivity contribution is 6.51. The summed E-state index contributed by atoms with van der Waals surface area (Å²) in [6.45, 7) is 7.43. The number of hydrogen-bond donors (Lipinski definition) is 3. The van der Waals surface area contributed by atoms with Crippen LogP contribution in [0.1, 0.15) is 57.4 Å². The van der Waals surface area contributed by atoms with Crippen LogP contribution < -0.4 is 10.6 Å². The van der Waals surface area contributed by atoms with Gasteiger partial charge in [0, 0.05) is 18.2 Å². The van der Waals surface area contributed by atoms with Crippen LogP contribution >= 0.6 is 0 Å². The van der Waals surface area contributed by atoms with Gasteiger partial charge >= 0.3 is 7.12 Å². The van der Waals surface area contributed by atoms with Gasteiger partial charge in [-0.05, 0) is 45.4 Å². The predicted molar refractivity (Wildman–Crippen MR) is 153 cm³/mol. The zero-order chi connectivity index (χ0) is 30.1. The minimum atomic E-state index is -1.37. The van der Waals surface area contributed by atoms with Crippen LogP contribution in [0.5, 0.6) is 0 Å². The van der Waals surface area contributed by atoms with Crippen LogP contribution in [-0.4, -0.2) is 83.6 Å². The highest BCUT2D eigenvalue weighted by Crippen LogP contribution is 2.17. The minimum Gasteiger partial charge on any atom is -0.498 e. The van der Waals surface area contributed by atoms with Gasteiger partial charge in [-0.2, -0.15) is 0 Å². The molecular formula is C29H39BN4O7. The van der Waals surface area contributed by atoms with Gasteiger partial charge in [0.05, 0.1) is 30.6 Å². The van der Waals surface area contributed by atoms with Gasteiger partial charge in [0.15, 0.2) is 0 Å². The second-order valence-electron chi connectivity index (χ2n) is 10.8. The Labute approximate surface area is 241 Å². The maximum atomic E-state index is 13.4. The van der Waals surface area contributed by atoms with Crippen molar-refractivity contribution < 1.29 is 33.6 Å². The van der Waals surface area contributed by atoms with Crippen LogP contribution in [0.4, 0.5) is 0 Å². The number of aromatic nitrogens is 1. The first-order chi connectivity index (χ1) is 19.4. The topological polar surface area (TPSA) is 147 Å². The summed E-state index contributed by atoms with van der Waals surface area (Å²) in [5, 5.41) is 15.7. The standard InChI is InChI=1S/C29H39BN4O7/c1-18(2)16-24(30-40-25(36)14-15-34(5)19(3)17-26(37)41-30)32-29(39)27(20(4)35)33-28(38)23-13-9-12-22(31-23)21-10-7-6-8-11-21/h6-13,18-20,24,27,35H,14-17H2,1-5H3,(H,32,39)(H,33,38)/t19-,20?,24+,27+/m1/s1. The molecule has 3 rings (SSSR count). The van der Waals surface area contributed by atoms with Crippen molar-refractivity contribution in [3.8, 4) is 11.3 Å². The van der Waals surface area contributed by atoms with Crippen LogP contribution in [0.25, 0.3) is 11.3 Å². The zero-order valence-electron chi connectivity index (χ0n) is 24.2. The predicted octanol–water partition coefficient (Wildman–Crippen LogP) is 1.99. The van der Waals surface area contributed by atoms with Gasteiger partial charge in [0.1, 0.15) is 11.7 Å². The van der Waals surface area contributed by atoms with E-state index in [4.69, 9.17) is 9.31 Å². The number of aliphatic hydroxyl groups excluding tert-OH is 1. The lowest BCUT2D eigenvalue weighted by Gasteiger charge is -2.30. The van der Waals surface area contributed by atoms with Crippen molar-refractivity contribution in [1.82, 2.24) is 20.5 Å². The zero-order valence-corrected chi connectivity index (χ0v) is 24.2. The van der Waals surface area contributed by atoms with Gasteiger partial charge in [-0.15, -0.1) is 0 Å². The highest BCUT2D eigenvalue weighted by Gasteiger charge is 2.41. The van der Waals surface area contributed by atoms with Crippen molar-refractivity contribution in [3.05, 3.63) is 54.2 Å². The molecule has 0 spiro atoms. The monoisotopic (exact) mass is 566 g/mol. The fourth-order valence-corrected chi connectivity index (χ4v) is 4.41. The molecule has 41 heavy (non-hydrogen) atoms. The molecule has 220 valence electrons. The number of amides is 2. The first-order valence-corrected chi connectivity index (χ1v) is 13.9. The van der Waals surface area contributed by atoms with E-state index in [0.717, 1.165) is 5.56 Å². The molecule has 2 aromatic rings. The second-order valence-corrected chi connectivity index (χ2v) is 10.8. The SMILES string of the molecule is CC(C)C[C@H](NC(=O)[C@@H](NC(=O)c1cccc(-c2ccccc2)n1)C(C)O)B1OC(=O)CCN(C)[C@H](C)CC(=O)O1.